The van der Waals surface area contributed by atoms with Crippen LogP contribution in [0.1, 0.15) is 103 Å². The molecular weight excluding hydrogens is 1010 g/mol. The van der Waals surface area contributed by atoms with Gasteiger partial charge in [0.05, 0.1) is 0 Å². The largest absolute Gasteiger partial charge is 0.310 e. The Kier molecular flexibility index (Phi) is 12.9. The Morgan fingerprint density at radius 3 is 0.905 bits per heavy atom. The molecule has 0 fully saturated rings. The summed E-state index contributed by atoms with van der Waals surface area (Å²) in [4.78, 5) is 4.87. The Balaban J connectivity index is 0.850. The van der Waals surface area contributed by atoms with Crippen LogP contribution in [0.3, 0.4) is 0 Å². The zero-order valence-corrected chi connectivity index (χ0v) is 50.0. The van der Waals surface area contributed by atoms with Crippen LogP contribution < -0.4 is 9.80 Å². The Morgan fingerprint density at radius 1 is 0.202 bits per heavy atom. The maximum absolute atomic E-state index is 2.49. The molecule has 12 aromatic carbocycles. The fraction of sp³-hybridized carbons (Fsp3) is 0.195. The van der Waals surface area contributed by atoms with Crippen molar-refractivity contribution < 1.29 is 0 Å². The van der Waals surface area contributed by atoms with Crippen molar-refractivity contribution in [2.75, 3.05) is 9.80 Å². The van der Waals surface area contributed by atoms with Gasteiger partial charge in [0.2, 0.25) is 0 Å². The Bertz CT molecular complexity index is 4450. The molecule has 2 aliphatic carbocycles. The van der Waals surface area contributed by atoms with Gasteiger partial charge in [0.15, 0.2) is 0 Å². The minimum Gasteiger partial charge on any atom is -0.310 e. The van der Waals surface area contributed by atoms with Gasteiger partial charge >= 0.3 is 0 Å². The van der Waals surface area contributed by atoms with E-state index in [-0.39, 0.29) is 21.7 Å². The second-order valence-electron chi connectivity index (χ2n) is 26.7. The molecule has 0 aromatic heterocycles. The van der Waals surface area contributed by atoms with E-state index in [0.717, 1.165) is 45.3 Å². The molecule has 0 aliphatic heterocycles. The summed E-state index contributed by atoms with van der Waals surface area (Å²) in [7, 11) is 0. The number of benzene rings is 12. The lowest BCUT2D eigenvalue weighted by atomic mass is 9.63. The fourth-order valence-corrected chi connectivity index (χ4v) is 14.2. The third-order valence-electron chi connectivity index (χ3n) is 19.4. The number of hydrogen-bond acceptors (Lipinski definition) is 2. The van der Waals surface area contributed by atoms with Crippen molar-refractivity contribution in [1.29, 1.82) is 0 Å². The van der Waals surface area contributed by atoms with Crippen molar-refractivity contribution in [3.8, 4) is 44.5 Å². The lowest BCUT2D eigenvalue weighted by Gasteiger charge is -2.42. The minimum absolute atomic E-state index is 0.114. The summed E-state index contributed by atoms with van der Waals surface area (Å²) in [6.45, 7) is 19.3. The molecule has 0 saturated carbocycles. The predicted molar refractivity (Wildman–Crippen MR) is 361 cm³/mol. The summed E-state index contributed by atoms with van der Waals surface area (Å²) in [5.41, 5.74) is 22.8. The second-order valence-corrected chi connectivity index (χ2v) is 26.7. The maximum atomic E-state index is 2.49. The van der Waals surface area contributed by atoms with Crippen molar-refractivity contribution >= 4 is 66.4 Å². The summed E-state index contributed by atoms with van der Waals surface area (Å²) in [6, 6.07) is 95.7. The molecule has 2 aliphatic rings. The van der Waals surface area contributed by atoms with Crippen molar-refractivity contribution in [2.45, 2.75) is 103 Å². The van der Waals surface area contributed by atoms with Gasteiger partial charge in [-0.15, -0.1) is 0 Å². The van der Waals surface area contributed by atoms with Crippen LogP contribution in [-0.4, -0.2) is 0 Å². The molecule has 0 radical (unpaired) electrons. The number of nitrogens with zero attached hydrogens (tertiary/aromatic N) is 2. The first kappa shape index (κ1) is 53.1. The molecule has 0 spiro atoms. The zero-order chi connectivity index (χ0) is 57.5. The standard InChI is InChI=1S/C82H74N2/c1-79(2)45-47-81(5,6)77-52-61(35-43-75(77)79)59-22-17-25-66(50-59)83(65-24-16-21-58(49-65)55-19-10-9-11-20-55)63-37-31-56(32-38-63)57-33-39-64(40-34-57)84(68-41-42-73-71-29-13-12-27-69(71)70-28-14-15-30-72(70)74(73)54-68)67-26-18-23-60(51-67)62-36-44-76-78(53-62)82(7,8)48-46-80(76,3)4/h9-44,49-54H,45-48H2,1-8H3. The van der Waals surface area contributed by atoms with Crippen LogP contribution in [0, 0.1) is 0 Å². The number of hydrogen-bond donors (Lipinski definition) is 0. The van der Waals surface area contributed by atoms with E-state index in [4.69, 9.17) is 0 Å². The maximum Gasteiger partial charge on any atom is 0.0468 e. The zero-order valence-electron chi connectivity index (χ0n) is 50.0. The molecule has 14 rings (SSSR count). The lowest BCUT2D eigenvalue weighted by molar-refractivity contribution is 0.332. The summed E-state index contributed by atoms with van der Waals surface area (Å²) < 4.78 is 0. The van der Waals surface area contributed by atoms with E-state index in [2.05, 4.69) is 320 Å². The first-order chi connectivity index (χ1) is 40.6. The molecule has 12 aromatic rings. The molecular formula is C82H74N2. The van der Waals surface area contributed by atoms with Crippen LogP contribution >= 0.6 is 0 Å². The van der Waals surface area contributed by atoms with Gasteiger partial charge in [-0.1, -0.05) is 237 Å². The second kappa shape index (κ2) is 20.4. The monoisotopic (exact) mass is 1090 g/mol. The number of anilines is 6. The van der Waals surface area contributed by atoms with Gasteiger partial charge in [-0.2, -0.15) is 0 Å². The molecule has 0 atom stereocenters. The van der Waals surface area contributed by atoms with Crippen LogP contribution in [0.25, 0.3) is 76.8 Å². The Morgan fingerprint density at radius 2 is 0.488 bits per heavy atom. The first-order valence-electron chi connectivity index (χ1n) is 30.4. The highest BCUT2D eigenvalue weighted by molar-refractivity contribution is 6.25. The third-order valence-corrected chi connectivity index (χ3v) is 19.4. The Hall–Kier alpha value is -8.98. The molecule has 0 saturated heterocycles. The highest BCUT2D eigenvalue weighted by Crippen LogP contribution is 2.50. The SMILES string of the molecule is CC1(C)CCC(C)(C)c2cc(-c3cccc(N(c4ccc(-c5ccc(N(c6cccc(-c7ccc8c(c7)C(C)(C)CCC8(C)C)c6)c6ccc7c8ccccc8c8ccccc8c7c6)cc5)cc4)c4cccc(-c5ccccc5)c4)c3)ccc21. The molecule has 0 amide bonds. The quantitative estimate of drug-likeness (QED) is 0.126. The smallest absolute Gasteiger partial charge is 0.0468 e. The van der Waals surface area contributed by atoms with E-state index < -0.39 is 0 Å². The first-order valence-corrected chi connectivity index (χ1v) is 30.4. The van der Waals surface area contributed by atoms with E-state index in [1.807, 2.05) is 0 Å². The molecule has 0 N–H and O–H groups in total. The molecule has 2 heteroatoms. The van der Waals surface area contributed by atoms with Gasteiger partial charge in [0, 0.05) is 34.1 Å². The number of fused-ring (bicyclic) bond motifs is 8. The van der Waals surface area contributed by atoms with Crippen LogP contribution in [0.5, 0.6) is 0 Å². The summed E-state index contributed by atoms with van der Waals surface area (Å²) in [5, 5.41) is 7.61. The topological polar surface area (TPSA) is 6.48 Å². The van der Waals surface area contributed by atoms with Crippen molar-refractivity contribution in [3.05, 3.63) is 277 Å². The van der Waals surface area contributed by atoms with E-state index in [1.54, 1.807) is 0 Å². The summed E-state index contributed by atoms with van der Waals surface area (Å²) in [5.74, 6) is 0. The molecule has 84 heavy (non-hydrogen) atoms. The van der Waals surface area contributed by atoms with Crippen LogP contribution in [0.2, 0.25) is 0 Å². The van der Waals surface area contributed by atoms with Crippen LogP contribution in [0.4, 0.5) is 34.1 Å². The van der Waals surface area contributed by atoms with Crippen LogP contribution in [0.15, 0.2) is 255 Å². The normalized spacial score (nSPS) is 15.6. The van der Waals surface area contributed by atoms with E-state index in [1.165, 1.54) is 114 Å². The van der Waals surface area contributed by atoms with Crippen molar-refractivity contribution in [2.24, 2.45) is 0 Å². The number of rotatable bonds is 10. The minimum atomic E-state index is 0.114. The predicted octanol–water partition coefficient (Wildman–Crippen LogP) is 23.5. The van der Waals surface area contributed by atoms with Gasteiger partial charge in [-0.05, 0) is 219 Å². The van der Waals surface area contributed by atoms with Crippen molar-refractivity contribution in [3.63, 3.8) is 0 Å². The van der Waals surface area contributed by atoms with E-state index >= 15 is 0 Å². The van der Waals surface area contributed by atoms with E-state index in [0.29, 0.717) is 0 Å². The molecule has 2 nitrogen and oxygen atoms in total. The molecule has 412 valence electrons. The average molecular weight is 1090 g/mol. The molecule has 0 unspecified atom stereocenters. The highest BCUT2D eigenvalue weighted by atomic mass is 15.1. The molecule has 0 heterocycles. The lowest BCUT2D eigenvalue weighted by Crippen LogP contribution is -2.33. The summed E-state index contributed by atoms with van der Waals surface area (Å²) in [6.07, 6.45) is 4.77. The van der Waals surface area contributed by atoms with Gasteiger partial charge in [0.1, 0.15) is 0 Å². The van der Waals surface area contributed by atoms with Crippen molar-refractivity contribution in [1.82, 2.24) is 0 Å². The fourth-order valence-electron chi connectivity index (χ4n) is 14.2. The third kappa shape index (κ3) is 9.47. The van der Waals surface area contributed by atoms with Gasteiger partial charge < -0.3 is 9.80 Å². The average Bonchev–Trinajstić information content (AvgIpc) is 2.99. The van der Waals surface area contributed by atoms with Crippen LogP contribution in [-0.2, 0) is 21.7 Å². The van der Waals surface area contributed by atoms with Gasteiger partial charge in [0.25, 0.3) is 0 Å². The highest BCUT2D eigenvalue weighted by Gasteiger charge is 2.38. The summed E-state index contributed by atoms with van der Waals surface area (Å²) >= 11 is 0. The Labute approximate surface area is 497 Å². The van der Waals surface area contributed by atoms with Gasteiger partial charge in [-0.3, -0.25) is 0 Å². The van der Waals surface area contributed by atoms with E-state index in [9.17, 15) is 0 Å². The molecule has 0 bridgehead atoms. The van der Waals surface area contributed by atoms with Gasteiger partial charge in [-0.25, -0.2) is 0 Å².